The summed E-state index contributed by atoms with van der Waals surface area (Å²) in [6.07, 6.45) is 2.01. The molecule has 3 N–H and O–H groups in total. The number of fused-ring (bicyclic) bond motifs is 1. The van der Waals surface area contributed by atoms with Crippen molar-refractivity contribution in [2.75, 3.05) is 11.6 Å². The average Bonchev–Trinajstić information content (AvgIpc) is 3.08. The lowest BCUT2D eigenvalue weighted by atomic mass is 9.93. The van der Waals surface area contributed by atoms with Crippen LogP contribution in [0.5, 0.6) is 0 Å². The number of benzene rings is 2. The maximum Gasteiger partial charge on any atom is 0.255 e. The van der Waals surface area contributed by atoms with Crippen molar-refractivity contribution < 1.29 is 4.79 Å². The highest BCUT2D eigenvalue weighted by molar-refractivity contribution is 8.17. The number of amides is 1. The van der Waals surface area contributed by atoms with Crippen LogP contribution >= 0.6 is 23.5 Å². The second-order valence-corrected chi connectivity index (χ2v) is 8.54. The predicted molar refractivity (Wildman–Crippen MR) is 122 cm³/mol. The van der Waals surface area contributed by atoms with Gasteiger partial charge in [0.2, 0.25) is 0 Å². The zero-order valence-electron chi connectivity index (χ0n) is 16.4. The Morgan fingerprint density at radius 3 is 2.57 bits per heavy atom. The number of hydrogen-bond donors (Lipinski definition) is 2. The second-order valence-electron chi connectivity index (χ2n) is 6.69. The molecule has 0 bridgehead atoms. The zero-order valence-corrected chi connectivity index (χ0v) is 18.1. The lowest BCUT2D eigenvalue weighted by Crippen LogP contribution is -2.39. The average molecular weight is 434 g/mol. The summed E-state index contributed by atoms with van der Waals surface area (Å²) in [7, 11) is 0. The van der Waals surface area contributed by atoms with Crippen molar-refractivity contribution in [3.05, 3.63) is 82.2 Å². The minimum absolute atomic E-state index is 0.247. The molecule has 2 heterocycles. The summed E-state index contributed by atoms with van der Waals surface area (Å²) < 4.78 is 0. The van der Waals surface area contributed by atoms with Gasteiger partial charge in [-0.05, 0) is 54.8 Å². The molecule has 0 aliphatic carbocycles. The van der Waals surface area contributed by atoms with Gasteiger partial charge in [0, 0.05) is 10.6 Å². The summed E-state index contributed by atoms with van der Waals surface area (Å²) in [5, 5.41) is 13.0. The van der Waals surface area contributed by atoms with Crippen molar-refractivity contribution in [2.45, 2.75) is 17.9 Å². The topological polar surface area (TPSA) is 94.5 Å². The molecule has 1 atom stereocenters. The number of rotatable bonds is 4. The Bertz CT molecular complexity index is 1130. The van der Waals surface area contributed by atoms with Crippen molar-refractivity contribution >= 4 is 40.3 Å². The third-order valence-electron chi connectivity index (χ3n) is 4.89. The number of carbonyl (C=O) groups is 1. The van der Waals surface area contributed by atoms with E-state index in [9.17, 15) is 10.1 Å². The Balaban J connectivity index is 1.81. The minimum atomic E-state index is -0.476. The van der Waals surface area contributed by atoms with Gasteiger partial charge < -0.3 is 11.1 Å². The van der Waals surface area contributed by atoms with Gasteiger partial charge in [-0.2, -0.15) is 5.26 Å². The Hall–Kier alpha value is -3.15. The first-order chi connectivity index (χ1) is 14.5. The molecule has 0 aromatic heterocycles. The Labute approximate surface area is 183 Å². The van der Waals surface area contributed by atoms with Crippen LogP contribution in [0.25, 0.3) is 0 Å². The fraction of sp³-hybridized carbons (Fsp3) is 0.136. The molecule has 2 aromatic rings. The first-order valence-electron chi connectivity index (χ1n) is 9.20. The molecule has 2 aliphatic heterocycles. The fourth-order valence-electron chi connectivity index (χ4n) is 3.45. The molecule has 1 amide bonds. The highest BCUT2D eigenvalue weighted by atomic mass is 32.2. The van der Waals surface area contributed by atoms with E-state index < -0.39 is 6.04 Å². The van der Waals surface area contributed by atoms with Gasteiger partial charge in [0.25, 0.3) is 5.91 Å². The molecule has 0 fully saturated rings. The molecule has 2 aromatic carbocycles. The van der Waals surface area contributed by atoms with E-state index in [0.717, 1.165) is 10.5 Å². The van der Waals surface area contributed by atoms with Crippen molar-refractivity contribution in [3.8, 4) is 6.07 Å². The van der Waals surface area contributed by atoms with Gasteiger partial charge in [0.05, 0.1) is 17.3 Å². The number of nitrogens with two attached hydrogens (primary N) is 1. The van der Waals surface area contributed by atoms with Crippen LogP contribution in [0.2, 0.25) is 0 Å². The maximum atomic E-state index is 13.3. The van der Waals surface area contributed by atoms with Crippen LogP contribution in [-0.4, -0.2) is 22.2 Å². The van der Waals surface area contributed by atoms with Crippen LogP contribution < -0.4 is 11.1 Å². The van der Waals surface area contributed by atoms with Crippen LogP contribution in [-0.2, 0) is 4.79 Å². The SMILES string of the molecule is CSc1ccc([C@@H]2C(C(=O)Nc3ccccc3)=C(C)N=C3SC(C#N)=C(N)N32)cc1. The summed E-state index contributed by atoms with van der Waals surface area (Å²) in [5.41, 5.74) is 9.02. The second kappa shape index (κ2) is 8.30. The molecule has 2 aliphatic rings. The van der Waals surface area contributed by atoms with E-state index >= 15 is 0 Å². The third kappa shape index (κ3) is 3.58. The van der Waals surface area contributed by atoms with E-state index in [1.807, 2.05) is 67.8 Å². The van der Waals surface area contributed by atoms with Crippen LogP contribution in [0.1, 0.15) is 18.5 Å². The first-order valence-corrected chi connectivity index (χ1v) is 11.2. The monoisotopic (exact) mass is 433 g/mol. The van der Waals surface area contributed by atoms with E-state index in [1.54, 1.807) is 16.7 Å². The van der Waals surface area contributed by atoms with Crippen LogP contribution in [0.15, 0.2) is 86.5 Å². The van der Waals surface area contributed by atoms with Gasteiger partial charge in [-0.1, -0.05) is 30.3 Å². The number of carbonyl (C=O) groups excluding carboxylic acids is 1. The maximum absolute atomic E-state index is 13.3. The number of allylic oxidation sites excluding steroid dienone is 2. The van der Waals surface area contributed by atoms with Crippen molar-refractivity contribution in [1.82, 2.24) is 4.90 Å². The number of thioether (sulfide) groups is 2. The summed E-state index contributed by atoms with van der Waals surface area (Å²) in [6.45, 7) is 1.81. The van der Waals surface area contributed by atoms with Gasteiger partial charge in [0.15, 0.2) is 5.17 Å². The standard InChI is InChI=1S/C22H19N5OS2/c1-13-18(21(28)26-15-6-4-3-5-7-15)19(14-8-10-16(29-2)11-9-14)27-20(24)17(12-23)30-22(27)25-13/h3-11,19H,24H2,1-2H3,(H,26,28)/t19-/m1/s1. The molecule has 8 heteroatoms. The number of aliphatic imine (C=N–C) groups is 1. The van der Waals surface area contributed by atoms with E-state index in [-0.39, 0.29) is 5.91 Å². The smallest absolute Gasteiger partial charge is 0.255 e. The molecular formula is C22H19N5OS2. The van der Waals surface area contributed by atoms with E-state index in [0.29, 0.717) is 32.9 Å². The first kappa shape index (κ1) is 20.1. The fourth-order valence-corrected chi connectivity index (χ4v) is 4.78. The summed E-state index contributed by atoms with van der Waals surface area (Å²) in [6, 6.07) is 19.0. The summed E-state index contributed by atoms with van der Waals surface area (Å²) >= 11 is 2.88. The summed E-state index contributed by atoms with van der Waals surface area (Å²) in [4.78, 5) is 21.2. The largest absolute Gasteiger partial charge is 0.383 e. The molecule has 30 heavy (non-hydrogen) atoms. The number of hydrogen-bond acceptors (Lipinski definition) is 7. The lowest BCUT2D eigenvalue weighted by Gasteiger charge is -2.35. The van der Waals surface area contributed by atoms with Gasteiger partial charge in [0.1, 0.15) is 16.8 Å². The zero-order chi connectivity index (χ0) is 21.3. The van der Waals surface area contributed by atoms with E-state index in [2.05, 4.69) is 16.4 Å². The number of nitrogens with one attached hydrogen (secondary N) is 1. The molecule has 4 rings (SSSR count). The number of nitriles is 1. The van der Waals surface area contributed by atoms with E-state index in [1.165, 1.54) is 11.8 Å². The Morgan fingerprint density at radius 1 is 1.23 bits per heavy atom. The van der Waals surface area contributed by atoms with Gasteiger partial charge in [-0.25, -0.2) is 4.99 Å². The summed E-state index contributed by atoms with van der Waals surface area (Å²) in [5.74, 6) is 0.0707. The molecule has 6 nitrogen and oxygen atoms in total. The molecular weight excluding hydrogens is 414 g/mol. The Kier molecular flexibility index (Phi) is 5.57. The number of nitrogens with zero attached hydrogens (tertiary/aromatic N) is 3. The van der Waals surface area contributed by atoms with Crippen molar-refractivity contribution in [3.63, 3.8) is 0 Å². The molecule has 0 saturated heterocycles. The highest BCUT2D eigenvalue weighted by Gasteiger charge is 2.42. The third-order valence-corrected chi connectivity index (χ3v) is 6.60. The molecule has 0 saturated carbocycles. The van der Waals surface area contributed by atoms with E-state index in [4.69, 9.17) is 5.73 Å². The predicted octanol–water partition coefficient (Wildman–Crippen LogP) is 4.43. The van der Waals surface area contributed by atoms with Crippen LogP contribution in [0.3, 0.4) is 0 Å². The van der Waals surface area contributed by atoms with Crippen molar-refractivity contribution in [2.24, 2.45) is 10.7 Å². The lowest BCUT2D eigenvalue weighted by molar-refractivity contribution is -0.113. The number of amidine groups is 1. The normalized spacial score (nSPS) is 18.1. The quantitative estimate of drug-likeness (QED) is 0.693. The van der Waals surface area contributed by atoms with Gasteiger partial charge >= 0.3 is 0 Å². The number of anilines is 1. The minimum Gasteiger partial charge on any atom is -0.383 e. The van der Waals surface area contributed by atoms with Crippen LogP contribution in [0.4, 0.5) is 5.69 Å². The molecule has 0 spiro atoms. The number of para-hydroxylation sites is 1. The van der Waals surface area contributed by atoms with Crippen molar-refractivity contribution in [1.29, 1.82) is 5.26 Å². The highest BCUT2D eigenvalue weighted by Crippen LogP contribution is 2.45. The van der Waals surface area contributed by atoms with Gasteiger partial charge in [-0.3, -0.25) is 9.69 Å². The van der Waals surface area contributed by atoms with Gasteiger partial charge in [-0.15, -0.1) is 11.8 Å². The Morgan fingerprint density at radius 2 is 1.93 bits per heavy atom. The van der Waals surface area contributed by atoms with Crippen LogP contribution in [0, 0.1) is 11.3 Å². The molecule has 0 radical (unpaired) electrons. The molecule has 150 valence electrons. The molecule has 0 unspecified atom stereocenters.